The molecule has 0 bridgehead atoms. The van der Waals surface area contributed by atoms with Crippen molar-refractivity contribution in [1.29, 1.82) is 0 Å². The number of aromatic nitrogens is 1. The minimum Gasteiger partial charge on any atom is -0.494 e. The lowest BCUT2D eigenvalue weighted by Gasteiger charge is -2.10. The number of amides is 1. The van der Waals surface area contributed by atoms with Gasteiger partial charge in [-0.25, -0.2) is 0 Å². The summed E-state index contributed by atoms with van der Waals surface area (Å²) in [6, 6.07) is 12.7. The van der Waals surface area contributed by atoms with Crippen molar-refractivity contribution in [2.24, 2.45) is 0 Å². The van der Waals surface area contributed by atoms with Gasteiger partial charge in [0.2, 0.25) is 0 Å². The summed E-state index contributed by atoms with van der Waals surface area (Å²) < 4.78 is 10.9. The predicted octanol–water partition coefficient (Wildman–Crippen LogP) is 4.75. The quantitative estimate of drug-likeness (QED) is 0.577. The molecule has 5 nitrogen and oxygen atoms in total. The van der Waals surface area contributed by atoms with Gasteiger partial charge in [-0.05, 0) is 30.7 Å². The van der Waals surface area contributed by atoms with Crippen molar-refractivity contribution in [3.05, 3.63) is 64.3 Å². The van der Waals surface area contributed by atoms with Crippen molar-refractivity contribution in [3.63, 3.8) is 0 Å². The Labute approximate surface area is 167 Å². The number of hydrogen-bond acceptors (Lipinski definition) is 4. The molecule has 0 fully saturated rings. The maximum absolute atomic E-state index is 12.2. The summed E-state index contributed by atoms with van der Waals surface area (Å²) in [5.74, 6) is 0.827. The molecule has 1 heterocycles. The van der Waals surface area contributed by atoms with Gasteiger partial charge in [-0.2, -0.15) is 0 Å². The van der Waals surface area contributed by atoms with E-state index in [0.29, 0.717) is 40.9 Å². The van der Waals surface area contributed by atoms with Crippen LogP contribution in [0.1, 0.15) is 16.8 Å². The maximum Gasteiger partial charge on any atom is 0.251 e. The van der Waals surface area contributed by atoms with E-state index in [1.54, 1.807) is 6.20 Å². The number of carbonyl (C=O) groups is 1. The highest BCUT2D eigenvalue weighted by molar-refractivity contribution is 6.37. The number of nitrogens with zero attached hydrogens (tertiary/aromatic N) is 1. The second-order valence-corrected chi connectivity index (χ2v) is 6.58. The van der Waals surface area contributed by atoms with Gasteiger partial charge in [0.1, 0.15) is 11.3 Å². The smallest absolute Gasteiger partial charge is 0.251 e. The van der Waals surface area contributed by atoms with Crippen LogP contribution in [0.3, 0.4) is 0 Å². The lowest BCUT2D eigenvalue weighted by atomic mass is 10.2. The fraction of sp³-hybridized carbons (Fsp3) is 0.200. The van der Waals surface area contributed by atoms with Crippen molar-refractivity contribution in [2.45, 2.75) is 6.42 Å². The number of nitrogens with one attached hydrogen (secondary N) is 1. The summed E-state index contributed by atoms with van der Waals surface area (Å²) in [5, 5.41) is 4.43. The molecule has 140 valence electrons. The van der Waals surface area contributed by atoms with E-state index in [1.165, 1.54) is 19.2 Å². The van der Waals surface area contributed by atoms with E-state index < -0.39 is 0 Å². The average molecular weight is 405 g/mol. The summed E-state index contributed by atoms with van der Waals surface area (Å²) in [6.07, 6.45) is 2.38. The van der Waals surface area contributed by atoms with Gasteiger partial charge in [-0.15, -0.1) is 0 Å². The standard InChI is InChI=1S/C20H18Cl2N2O3/c1-26-19-15(21)11-14(12-16(19)22)20(25)24-9-4-10-27-17-7-2-5-13-6-3-8-23-18(13)17/h2-3,5-8,11-12H,4,9-10H2,1H3,(H,24,25). The molecule has 7 heteroatoms. The largest absolute Gasteiger partial charge is 0.494 e. The molecule has 1 amide bonds. The molecule has 3 aromatic rings. The number of benzene rings is 2. The fourth-order valence-corrected chi connectivity index (χ4v) is 3.28. The molecule has 2 aromatic carbocycles. The first-order valence-electron chi connectivity index (χ1n) is 8.38. The van der Waals surface area contributed by atoms with Crippen LogP contribution in [0.25, 0.3) is 10.9 Å². The summed E-state index contributed by atoms with van der Waals surface area (Å²) in [4.78, 5) is 16.6. The first kappa shape index (κ1) is 19.3. The molecule has 0 atom stereocenters. The van der Waals surface area contributed by atoms with Gasteiger partial charge in [0.15, 0.2) is 5.75 Å². The van der Waals surface area contributed by atoms with E-state index in [-0.39, 0.29) is 5.91 Å². The SMILES string of the molecule is COc1c(Cl)cc(C(=O)NCCCOc2cccc3cccnc23)cc1Cl. The van der Waals surface area contributed by atoms with Crippen LogP contribution in [0, 0.1) is 0 Å². The molecule has 0 unspecified atom stereocenters. The van der Waals surface area contributed by atoms with Gasteiger partial charge in [0, 0.05) is 23.7 Å². The van der Waals surface area contributed by atoms with Crippen LogP contribution in [0.4, 0.5) is 0 Å². The number of para-hydroxylation sites is 1. The first-order valence-corrected chi connectivity index (χ1v) is 9.13. The van der Waals surface area contributed by atoms with Crippen LogP contribution in [-0.4, -0.2) is 31.2 Å². The molecule has 0 saturated heterocycles. The highest BCUT2D eigenvalue weighted by atomic mass is 35.5. The van der Waals surface area contributed by atoms with Gasteiger partial charge in [-0.1, -0.05) is 41.4 Å². The molecular formula is C20H18Cl2N2O3. The average Bonchev–Trinajstić information content (AvgIpc) is 2.67. The van der Waals surface area contributed by atoms with Crippen LogP contribution < -0.4 is 14.8 Å². The van der Waals surface area contributed by atoms with Crippen LogP contribution in [0.5, 0.6) is 11.5 Å². The highest BCUT2D eigenvalue weighted by Gasteiger charge is 2.13. The third kappa shape index (κ3) is 4.62. The second-order valence-electron chi connectivity index (χ2n) is 5.76. The van der Waals surface area contributed by atoms with E-state index in [2.05, 4.69) is 10.3 Å². The number of fused-ring (bicyclic) bond motifs is 1. The molecule has 0 aliphatic carbocycles. The molecule has 0 aliphatic rings. The number of ether oxygens (including phenoxy) is 2. The maximum atomic E-state index is 12.2. The first-order chi connectivity index (χ1) is 13.1. The monoisotopic (exact) mass is 404 g/mol. The second kappa shape index (κ2) is 8.93. The van der Waals surface area contributed by atoms with Crippen LogP contribution >= 0.6 is 23.2 Å². The minimum absolute atomic E-state index is 0.256. The highest BCUT2D eigenvalue weighted by Crippen LogP contribution is 2.33. The number of halogens is 2. The van der Waals surface area contributed by atoms with Gasteiger partial charge in [-0.3, -0.25) is 9.78 Å². The van der Waals surface area contributed by atoms with Crippen molar-refractivity contribution in [3.8, 4) is 11.5 Å². The number of rotatable bonds is 7. The minimum atomic E-state index is -0.256. The van der Waals surface area contributed by atoms with Gasteiger partial charge >= 0.3 is 0 Å². The Hall–Kier alpha value is -2.50. The molecule has 0 radical (unpaired) electrons. The van der Waals surface area contributed by atoms with Crippen LogP contribution in [0.15, 0.2) is 48.7 Å². The van der Waals surface area contributed by atoms with E-state index in [0.717, 1.165) is 16.7 Å². The Bertz CT molecular complexity index is 935. The Kier molecular flexibility index (Phi) is 6.37. The lowest BCUT2D eigenvalue weighted by Crippen LogP contribution is -2.25. The summed E-state index contributed by atoms with van der Waals surface area (Å²) in [7, 11) is 1.47. The predicted molar refractivity (Wildman–Crippen MR) is 107 cm³/mol. The Morgan fingerprint density at radius 2 is 1.89 bits per heavy atom. The van der Waals surface area contributed by atoms with Crippen molar-refractivity contribution < 1.29 is 14.3 Å². The number of carbonyl (C=O) groups excluding carboxylic acids is 1. The number of hydrogen-bond donors (Lipinski definition) is 1. The van der Waals surface area contributed by atoms with Crippen molar-refractivity contribution in [2.75, 3.05) is 20.3 Å². The third-order valence-electron chi connectivity index (χ3n) is 3.92. The van der Waals surface area contributed by atoms with E-state index in [4.69, 9.17) is 32.7 Å². The lowest BCUT2D eigenvalue weighted by molar-refractivity contribution is 0.0951. The third-order valence-corrected chi connectivity index (χ3v) is 4.49. The molecule has 0 aliphatic heterocycles. The Balaban J connectivity index is 1.51. The summed E-state index contributed by atoms with van der Waals surface area (Å²) in [6.45, 7) is 0.915. The van der Waals surface area contributed by atoms with Gasteiger partial charge < -0.3 is 14.8 Å². The molecule has 0 spiro atoms. The molecular weight excluding hydrogens is 387 g/mol. The van der Waals surface area contributed by atoms with Crippen LogP contribution in [-0.2, 0) is 0 Å². The van der Waals surface area contributed by atoms with E-state index in [1.807, 2.05) is 30.3 Å². The number of methoxy groups -OCH3 is 1. The summed E-state index contributed by atoms with van der Waals surface area (Å²) in [5.41, 5.74) is 1.21. The molecule has 0 saturated carbocycles. The molecule has 3 rings (SSSR count). The van der Waals surface area contributed by atoms with Crippen molar-refractivity contribution in [1.82, 2.24) is 10.3 Å². The fourth-order valence-electron chi connectivity index (χ4n) is 2.64. The normalized spacial score (nSPS) is 10.6. The Morgan fingerprint density at radius 3 is 2.63 bits per heavy atom. The Morgan fingerprint density at radius 1 is 1.15 bits per heavy atom. The zero-order chi connectivity index (χ0) is 19.2. The van der Waals surface area contributed by atoms with E-state index in [9.17, 15) is 4.79 Å². The molecule has 1 aromatic heterocycles. The zero-order valence-corrected chi connectivity index (χ0v) is 16.2. The topological polar surface area (TPSA) is 60.5 Å². The van der Waals surface area contributed by atoms with Crippen molar-refractivity contribution >= 4 is 40.0 Å². The van der Waals surface area contributed by atoms with Gasteiger partial charge in [0.05, 0.1) is 23.8 Å². The molecule has 1 N–H and O–H groups in total. The summed E-state index contributed by atoms with van der Waals surface area (Å²) >= 11 is 12.1. The number of pyridine rings is 1. The van der Waals surface area contributed by atoms with E-state index >= 15 is 0 Å². The molecule has 27 heavy (non-hydrogen) atoms. The zero-order valence-electron chi connectivity index (χ0n) is 14.7. The van der Waals surface area contributed by atoms with Gasteiger partial charge in [0.25, 0.3) is 5.91 Å². The van der Waals surface area contributed by atoms with Crippen LogP contribution in [0.2, 0.25) is 10.0 Å².